The van der Waals surface area contributed by atoms with E-state index in [0.29, 0.717) is 5.39 Å². The first-order valence-corrected chi connectivity index (χ1v) is 9.13. The molecule has 1 N–H and O–H groups in total. The molecule has 0 bridgehead atoms. The minimum Gasteiger partial charge on any atom is -0.352 e. The maximum atomic E-state index is 12.9. The summed E-state index contributed by atoms with van der Waals surface area (Å²) in [6.07, 6.45) is 4.38. The summed E-state index contributed by atoms with van der Waals surface area (Å²) in [6.45, 7) is 1.87. The largest absolute Gasteiger partial charge is 0.352 e. The smallest absolute Gasteiger partial charge is 0.276 e. The molecule has 2 aromatic heterocycles. The molecule has 3 aromatic rings. The molecule has 0 spiro atoms. The molecular weight excluding hydrogens is 322 g/mol. The Balaban J connectivity index is 1.73. The monoisotopic (exact) mass is 341 g/mol. The number of thiophene rings is 1. The number of aromatic nitrogens is 2. The first-order chi connectivity index (χ1) is 11.6. The summed E-state index contributed by atoms with van der Waals surface area (Å²) in [5, 5.41) is 9.00. The third-order valence-electron chi connectivity index (χ3n) is 4.66. The summed E-state index contributed by atoms with van der Waals surface area (Å²) in [5.74, 6) is -0.130. The number of amides is 1. The number of aryl methyl sites for hydroxylation is 1. The lowest BCUT2D eigenvalue weighted by atomic mass is 10.2. The molecule has 1 aliphatic rings. The van der Waals surface area contributed by atoms with E-state index in [1.165, 1.54) is 4.68 Å². The van der Waals surface area contributed by atoms with Crippen molar-refractivity contribution in [2.75, 3.05) is 0 Å². The maximum Gasteiger partial charge on any atom is 0.276 e. The fraction of sp³-hybridized carbons (Fsp3) is 0.389. The van der Waals surface area contributed by atoms with Crippen LogP contribution in [0.15, 0.2) is 29.1 Å². The molecular formula is C18H19N3O2S. The number of nitrogens with one attached hydrogen (secondary N) is 1. The topological polar surface area (TPSA) is 64.0 Å². The highest BCUT2D eigenvalue weighted by molar-refractivity contribution is 7.26. The van der Waals surface area contributed by atoms with Gasteiger partial charge in [0.15, 0.2) is 0 Å². The average molecular weight is 341 g/mol. The highest BCUT2D eigenvalue weighted by Crippen LogP contribution is 2.32. The Hall–Kier alpha value is -2.21. The van der Waals surface area contributed by atoms with Crippen molar-refractivity contribution in [2.24, 2.45) is 0 Å². The predicted octanol–water partition coefficient (Wildman–Crippen LogP) is 2.98. The van der Waals surface area contributed by atoms with Gasteiger partial charge in [-0.15, -0.1) is 11.3 Å². The zero-order valence-corrected chi connectivity index (χ0v) is 14.4. The van der Waals surface area contributed by atoms with E-state index in [2.05, 4.69) is 10.4 Å². The van der Waals surface area contributed by atoms with Crippen molar-refractivity contribution >= 4 is 37.4 Å². The van der Waals surface area contributed by atoms with Gasteiger partial charge in [-0.25, -0.2) is 4.68 Å². The van der Waals surface area contributed by atoms with Gasteiger partial charge < -0.3 is 5.32 Å². The van der Waals surface area contributed by atoms with Crippen LogP contribution in [0.2, 0.25) is 0 Å². The van der Waals surface area contributed by atoms with Crippen LogP contribution in [0, 0.1) is 6.92 Å². The van der Waals surface area contributed by atoms with Crippen LogP contribution in [-0.2, 0) is 11.3 Å². The third-order valence-corrected chi connectivity index (χ3v) is 5.94. The lowest BCUT2D eigenvalue weighted by Crippen LogP contribution is -2.38. The lowest BCUT2D eigenvalue weighted by molar-refractivity contribution is -0.122. The molecule has 0 saturated heterocycles. The maximum absolute atomic E-state index is 12.9. The van der Waals surface area contributed by atoms with Gasteiger partial charge in [-0.3, -0.25) is 9.59 Å². The molecule has 0 atom stereocenters. The van der Waals surface area contributed by atoms with E-state index in [9.17, 15) is 9.59 Å². The highest BCUT2D eigenvalue weighted by atomic mass is 32.1. The SMILES string of the molecule is Cc1nn(CC(=O)NC2CCCC2)c(=O)c2c1sc1ccccc12. The van der Waals surface area contributed by atoms with Crippen molar-refractivity contribution in [3.63, 3.8) is 0 Å². The molecule has 1 saturated carbocycles. The predicted molar refractivity (Wildman–Crippen MR) is 96.5 cm³/mol. The normalized spacial score (nSPS) is 15.4. The number of hydrogen-bond acceptors (Lipinski definition) is 4. The zero-order valence-electron chi connectivity index (χ0n) is 13.5. The van der Waals surface area contributed by atoms with Gasteiger partial charge in [0.1, 0.15) is 6.54 Å². The Bertz CT molecular complexity index is 983. The second kappa shape index (κ2) is 6.02. The van der Waals surface area contributed by atoms with Gasteiger partial charge in [0.2, 0.25) is 5.91 Å². The second-order valence-electron chi connectivity index (χ2n) is 6.40. The molecule has 0 radical (unpaired) electrons. The molecule has 0 unspecified atom stereocenters. The van der Waals surface area contributed by atoms with Crippen molar-refractivity contribution in [1.82, 2.24) is 15.1 Å². The van der Waals surface area contributed by atoms with E-state index >= 15 is 0 Å². The number of rotatable bonds is 3. The molecule has 4 rings (SSSR count). The van der Waals surface area contributed by atoms with Crippen molar-refractivity contribution in [1.29, 1.82) is 0 Å². The van der Waals surface area contributed by atoms with Crippen LogP contribution in [0.4, 0.5) is 0 Å². The summed E-state index contributed by atoms with van der Waals surface area (Å²) in [4.78, 5) is 25.1. The number of nitrogens with zero attached hydrogens (tertiary/aromatic N) is 2. The molecule has 1 aromatic carbocycles. The lowest BCUT2D eigenvalue weighted by Gasteiger charge is -2.12. The second-order valence-corrected chi connectivity index (χ2v) is 7.45. The molecule has 2 heterocycles. The number of hydrogen-bond donors (Lipinski definition) is 1. The number of carbonyl (C=O) groups excluding carboxylic acids is 1. The van der Waals surface area contributed by atoms with E-state index in [1.807, 2.05) is 31.2 Å². The van der Waals surface area contributed by atoms with E-state index in [4.69, 9.17) is 0 Å². The van der Waals surface area contributed by atoms with Crippen LogP contribution in [0.1, 0.15) is 31.4 Å². The van der Waals surface area contributed by atoms with Crippen LogP contribution >= 0.6 is 11.3 Å². The molecule has 1 amide bonds. The van der Waals surface area contributed by atoms with Crippen LogP contribution in [0.3, 0.4) is 0 Å². The summed E-state index contributed by atoms with van der Waals surface area (Å²) >= 11 is 1.58. The van der Waals surface area contributed by atoms with E-state index < -0.39 is 0 Å². The standard InChI is InChI=1S/C18H19N3O2S/c1-11-17-16(13-8-4-5-9-14(13)24-17)18(23)21(20-11)10-15(22)19-12-6-2-3-7-12/h4-5,8-9,12H,2-3,6-7,10H2,1H3,(H,19,22). The number of carbonyl (C=O) groups is 1. The quantitative estimate of drug-likeness (QED) is 0.796. The van der Waals surface area contributed by atoms with Gasteiger partial charge in [0.05, 0.1) is 15.8 Å². The fourth-order valence-electron chi connectivity index (χ4n) is 3.50. The van der Waals surface area contributed by atoms with Gasteiger partial charge in [-0.1, -0.05) is 31.0 Å². The Labute approximate surface area is 143 Å². The Morgan fingerprint density at radius 3 is 2.88 bits per heavy atom. The summed E-state index contributed by atoms with van der Waals surface area (Å²) in [6, 6.07) is 8.11. The van der Waals surface area contributed by atoms with E-state index in [0.717, 1.165) is 46.2 Å². The van der Waals surface area contributed by atoms with Gasteiger partial charge in [-0.2, -0.15) is 5.10 Å². The van der Waals surface area contributed by atoms with Crippen molar-refractivity contribution < 1.29 is 4.79 Å². The van der Waals surface area contributed by atoms with Crippen LogP contribution < -0.4 is 10.9 Å². The van der Waals surface area contributed by atoms with Gasteiger partial charge in [0.25, 0.3) is 5.56 Å². The fourth-order valence-corrected chi connectivity index (χ4v) is 4.63. The van der Waals surface area contributed by atoms with Crippen LogP contribution in [0.5, 0.6) is 0 Å². The van der Waals surface area contributed by atoms with Gasteiger partial charge in [-0.05, 0) is 25.8 Å². The molecule has 24 heavy (non-hydrogen) atoms. The summed E-state index contributed by atoms with van der Waals surface area (Å²) in [7, 11) is 0. The minimum atomic E-state index is -0.186. The molecule has 0 aliphatic heterocycles. The number of benzene rings is 1. The Morgan fingerprint density at radius 1 is 1.33 bits per heavy atom. The molecule has 5 nitrogen and oxygen atoms in total. The first kappa shape index (κ1) is 15.3. The summed E-state index contributed by atoms with van der Waals surface area (Å²) in [5.41, 5.74) is 0.606. The van der Waals surface area contributed by atoms with E-state index in [1.54, 1.807) is 11.3 Å². The Kier molecular flexibility index (Phi) is 3.84. The van der Waals surface area contributed by atoms with Crippen molar-refractivity contribution in [2.45, 2.75) is 45.2 Å². The number of fused-ring (bicyclic) bond motifs is 3. The van der Waals surface area contributed by atoms with Crippen molar-refractivity contribution in [3.8, 4) is 0 Å². The van der Waals surface area contributed by atoms with Gasteiger partial charge >= 0.3 is 0 Å². The Morgan fingerprint density at radius 2 is 2.08 bits per heavy atom. The zero-order chi connectivity index (χ0) is 16.7. The van der Waals surface area contributed by atoms with Crippen molar-refractivity contribution in [3.05, 3.63) is 40.3 Å². The molecule has 124 valence electrons. The average Bonchev–Trinajstić information content (AvgIpc) is 3.19. The molecule has 6 heteroatoms. The molecule has 1 aliphatic carbocycles. The third kappa shape index (κ3) is 2.60. The van der Waals surface area contributed by atoms with Gasteiger partial charge in [0, 0.05) is 16.1 Å². The highest BCUT2D eigenvalue weighted by Gasteiger charge is 2.19. The molecule has 1 fully saturated rings. The minimum absolute atomic E-state index is 0.0176. The van der Waals surface area contributed by atoms with E-state index in [-0.39, 0.29) is 24.1 Å². The van der Waals surface area contributed by atoms with Crippen LogP contribution in [0.25, 0.3) is 20.2 Å². The van der Waals surface area contributed by atoms with Crippen LogP contribution in [-0.4, -0.2) is 21.7 Å². The first-order valence-electron chi connectivity index (χ1n) is 8.32. The summed E-state index contributed by atoms with van der Waals surface area (Å²) < 4.78 is 3.29.